The van der Waals surface area contributed by atoms with E-state index < -0.39 is 30.7 Å². The predicted molar refractivity (Wildman–Crippen MR) is 65.3 cm³/mol. The van der Waals surface area contributed by atoms with E-state index in [9.17, 15) is 14.4 Å². The fourth-order valence-corrected chi connectivity index (χ4v) is 1.67. The summed E-state index contributed by atoms with van der Waals surface area (Å²) in [5.41, 5.74) is 0. The van der Waals surface area contributed by atoms with Crippen LogP contribution in [-0.2, 0) is 28.4 Å². The summed E-state index contributed by atoms with van der Waals surface area (Å²) in [5, 5.41) is 0. The van der Waals surface area contributed by atoms with Crippen LogP contribution < -0.4 is 0 Å². The first kappa shape index (κ1) is 16.9. The van der Waals surface area contributed by atoms with E-state index in [4.69, 9.17) is 14.2 Å². The minimum atomic E-state index is -1.28. The molecule has 0 aromatic carbocycles. The Morgan fingerprint density at radius 1 is 0.905 bits per heavy atom. The number of ether oxygens (including phenoxy) is 6. The van der Waals surface area contributed by atoms with Crippen LogP contribution in [0.3, 0.4) is 0 Å². The van der Waals surface area contributed by atoms with Crippen molar-refractivity contribution in [1.29, 1.82) is 0 Å². The van der Waals surface area contributed by atoms with Gasteiger partial charge in [-0.05, 0) is 18.8 Å². The Bertz CT molecular complexity index is 359. The Morgan fingerprint density at radius 2 is 1.38 bits per heavy atom. The van der Waals surface area contributed by atoms with Crippen LogP contribution in [0.1, 0.15) is 12.8 Å². The lowest BCUT2D eigenvalue weighted by Crippen LogP contribution is -2.36. The second kappa shape index (κ2) is 8.18. The van der Waals surface area contributed by atoms with E-state index in [1.54, 1.807) is 0 Å². The van der Waals surface area contributed by atoms with Crippen molar-refractivity contribution >= 4 is 18.5 Å². The standard InChI is InChI=1S/C12H18O9/c1-16-10(13)19-6-8(7-4-5-7)9(20-11(14)17-2)21-12(15)18-3/h7-9H,4-6H2,1-3H3. The number of carbonyl (C=O) groups is 3. The van der Waals surface area contributed by atoms with Crippen molar-refractivity contribution in [2.45, 2.75) is 19.1 Å². The quantitative estimate of drug-likeness (QED) is 0.411. The van der Waals surface area contributed by atoms with Crippen LogP contribution in [0.15, 0.2) is 0 Å². The van der Waals surface area contributed by atoms with Gasteiger partial charge in [0.15, 0.2) is 0 Å². The third-order valence-electron chi connectivity index (χ3n) is 2.90. The zero-order chi connectivity index (χ0) is 15.8. The largest absolute Gasteiger partial charge is 0.511 e. The fourth-order valence-electron chi connectivity index (χ4n) is 1.67. The van der Waals surface area contributed by atoms with E-state index in [1.807, 2.05) is 0 Å². The highest BCUT2D eigenvalue weighted by Crippen LogP contribution is 2.40. The molecule has 0 radical (unpaired) electrons. The van der Waals surface area contributed by atoms with Crippen LogP contribution in [-0.4, -0.2) is 52.7 Å². The summed E-state index contributed by atoms with van der Waals surface area (Å²) >= 11 is 0. The van der Waals surface area contributed by atoms with Crippen LogP contribution in [0.2, 0.25) is 0 Å². The van der Waals surface area contributed by atoms with Gasteiger partial charge in [0.05, 0.1) is 27.2 Å². The summed E-state index contributed by atoms with van der Waals surface area (Å²) in [7, 11) is 3.41. The molecule has 9 heteroatoms. The zero-order valence-electron chi connectivity index (χ0n) is 12.0. The molecule has 1 saturated carbocycles. The minimum absolute atomic E-state index is 0.0916. The van der Waals surface area contributed by atoms with Crippen LogP contribution in [0.4, 0.5) is 14.4 Å². The number of hydrogen-bond acceptors (Lipinski definition) is 9. The summed E-state index contributed by atoms with van der Waals surface area (Å²) in [6, 6.07) is 0. The topological polar surface area (TPSA) is 107 Å². The maximum absolute atomic E-state index is 11.2. The second-order valence-electron chi connectivity index (χ2n) is 4.28. The Labute approximate surface area is 121 Å². The average Bonchev–Trinajstić information content (AvgIpc) is 3.31. The average molecular weight is 306 g/mol. The Morgan fingerprint density at radius 3 is 1.76 bits per heavy atom. The first-order chi connectivity index (χ1) is 10.0. The highest BCUT2D eigenvalue weighted by Gasteiger charge is 2.42. The fraction of sp³-hybridized carbons (Fsp3) is 0.750. The molecule has 0 N–H and O–H groups in total. The van der Waals surface area contributed by atoms with E-state index in [-0.39, 0.29) is 12.5 Å². The Hall–Kier alpha value is -2.19. The zero-order valence-corrected chi connectivity index (χ0v) is 12.0. The summed E-state index contributed by atoms with van der Waals surface area (Å²) < 4.78 is 27.7. The van der Waals surface area contributed by atoms with Gasteiger partial charge in [0.2, 0.25) is 0 Å². The van der Waals surface area contributed by atoms with E-state index in [1.165, 1.54) is 7.11 Å². The first-order valence-corrected chi connectivity index (χ1v) is 6.21. The third-order valence-corrected chi connectivity index (χ3v) is 2.90. The van der Waals surface area contributed by atoms with Gasteiger partial charge >= 0.3 is 18.5 Å². The molecule has 9 nitrogen and oxygen atoms in total. The normalized spacial score (nSPS) is 14.9. The molecule has 1 aliphatic carbocycles. The van der Waals surface area contributed by atoms with Crippen molar-refractivity contribution in [3.8, 4) is 0 Å². The summed E-state index contributed by atoms with van der Waals surface area (Å²) in [5.74, 6) is -0.434. The molecule has 0 aromatic rings. The molecule has 120 valence electrons. The SMILES string of the molecule is COC(=O)OCC(C1CC1)C(OC(=O)OC)OC(=O)OC. The van der Waals surface area contributed by atoms with Gasteiger partial charge in [0.25, 0.3) is 6.29 Å². The van der Waals surface area contributed by atoms with Crippen LogP contribution in [0.5, 0.6) is 0 Å². The highest BCUT2D eigenvalue weighted by molar-refractivity contribution is 5.62. The van der Waals surface area contributed by atoms with Crippen molar-refractivity contribution < 1.29 is 42.8 Å². The molecule has 0 aromatic heterocycles. The Kier molecular flexibility index (Phi) is 6.57. The summed E-state index contributed by atoms with van der Waals surface area (Å²) in [6.45, 7) is -0.129. The van der Waals surface area contributed by atoms with Gasteiger partial charge in [-0.3, -0.25) is 0 Å². The van der Waals surface area contributed by atoms with E-state index in [2.05, 4.69) is 14.2 Å². The maximum atomic E-state index is 11.2. The van der Waals surface area contributed by atoms with E-state index in [0.717, 1.165) is 27.1 Å². The molecule has 1 fully saturated rings. The van der Waals surface area contributed by atoms with Crippen molar-refractivity contribution in [3.63, 3.8) is 0 Å². The molecule has 0 amide bonds. The maximum Gasteiger partial charge on any atom is 0.511 e. The van der Waals surface area contributed by atoms with Crippen molar-refractivity contribution in [1.82, 2.24) is 0 Å². The molecule has 1 aliphatic rings. The molecule has 1 rings (SSSR count). The van der Waals surface area contributed by atoms with Crippen molar-refractivity contribution in [3.05, 3.63) is 0 Å². The predicted octanol–water partition coefficient (Wildman–Crippen LogP) is 1.69. The molecule has 0 bridgehead atoms. The van der Waals surface area contributed by atoms with Gasteiger partial charge in [-0.1, -0.05) is 0 Å². The van der Waals surface area contributed by atoms with Gasteiger partial charge < -0.3 is 28.4 Å². The lowest BCUT2D eigenvalue weighted by atomic mass is 10.0. The molecule has 21 heavy (non-hydrogen) atoms. The van der Waals surface area contributed by atoms with Crippen molar-refractivity contribution in [2.75, 3.05) is 27.9 Å². The second-order valence-corrected chi connectivity index (χ2v) is 4.28. The molecular formula is C12H18O9. The number of carbonyl (C=O) groups excluding carboxylic acids is 3. The molecular weight excluding hydrogens is 288 g/mol. The smallest absolute Gasteiger partial charge is 0.438 e. The molecule has 0 spiro atoms. The monoisotopic (exact) mass is 306 g/mol. The minimum Gasteiger partial charge on any atom is -0.438 e. The summed E-state index contributed by atoms with van der Waals surface area (Å²) in [6.07, 6.45) is -2.53. The van der Waals surface area contributed by atoms with E-state index >= 15 is 0 Å². The van der Waals surface area contributed by atoms with Crippen LogP contribution in [0, 0.1) is 11.8 Å². The number of hydrogen-bond donors (Lipinski definition) is 0. The first-order valence-electron chi connectivity index (χ1n) is 6.21. The lowest BCUT2D eigenvalue weighted by Gasteiger charge is -2.24. The van der Waals surface area contributed by atoms with Crippen molar-refractivity contribution in [2.24, 2.45) is 11.8 Å². The molecule has 0 heterocycles. The summed E-state index contributed by atoms with van der Waals surface area (Å²) in [4.78, 5) is 33.5. The molecule has 0 aliphatic heterocycles. The number of rotatable bonds is 6. The lowest BCUT2D eigenvalue weighted by molar-refractivity contribution is -0.140. The highest BCUT2D eigenvalue weighted by atomic mass is 16.8. The van der Waals surface area contributed by atoms with E-state index in [0.29, 0.717) is 0 Å². The number of methoxy groups -OCH3 is 3. The van der Waals surface area contributed by atoms with Gasteiger partial charge in [0.1, 0.15) is 6.61 Å². The van der Waals surface area contributed by atoms with Gasteiger partial charge in [-0.2, -0.15) is 0 Å². The molecule has 1 atom stereocenters. The third kappa shape index (κ3) is 5.76. The molecule has 1 unspecified atom stereocenters. The van der Waals surface area contributed by atoms with Gasteiger partial charge in [-0.15, -0.1) is 0 Å². The molecule has 0 saturated heterocycles. The van der Waals surface area contributed by atoms with Gasteiger partial charge in [-0.25, -0.2) is 14.4 Å². The Balaban J connectivity index is 2.71. The van der Waals surface area contributed by atoms with Crippen LogP contribution >= 0.6 is 0 Å². The van der Waals surface area contributed by atoms with Gasteiger partial charge in [0, 0.05) is 0 Å². The van der Waals surface area contributed by atoms with Crippen LogP contribution in [0.25, 0.3) is 0 Å².